The van der Waals surface area contributed by atoms with Gasteiger partial charge in [0, 0.05) is 35.4 Å². The van der Waals surface area contributed by atoms with Crippen LogP contribution >= 0.6 is 22.9 Å². The van der Waals surface area contributed by atoms with Crippen molar-refractivity contribution in [3.05, 3.63) is 58.1 Å². The minimum atomic E-state index is -2.17. The number of hydrogen-bond donors (Lipinski definition) is 2. The van der Waals surface area contributed by atoms with E-state index >= 15 is 0 Å². The Hall–Kier alpha value is -2.39. The van der Waals surface area contributed by atoms with E-state index in [2.05, 4.69) is 51.8 Å². The number of aliphatic hydroxyl groups is 1. The van der Waals surface area contributed by atoms with Crippen LogP contribution in [-0.4, -0.2) is 38.0 Å². The third-order valence-corrected chi connectivity index (χ3v) is 14.1. The molecule has 1 aromatic heterocycles. The van der Waals surface area contributed by atoms with E-state index < -0.39 is 8.32 Å². The first-order chi connectivity index (χ1) is 17.5. The molecule has 9 heteroatoms. The highest BCUT2D eigenvalue weighted by atomic mass is 35.5. The zero-order valence-corrected chi connectivity index (χ0v) is 25.2. The smallest absolute Gasteiger partial charge is 0.267 e. The van der Waals surface area contributed by atoms with E-state index in [4.69, 9.17) is 20.8 Å². The number of carbonyl (C=O) groups excluding carboxylic acids is 1. The lowest BCUT2D eigenvalue weighted by Crippen LogP contribution is -2.50. The highest BCUT2D eigenvalue weighted by molar-refractivity contribution is 7.17. The largest absolute Gasteiger partial charge is 0.540 e. The molecule has 6 nitrogen and oxygen atoms in total. The van der Waals surface area contributed by atoms with Gasteiger partial charge in [-0.1, -0.05) is 65.3 Å². The van der Waals surface area contributed by atoms with Crippen LogP contribution in [0.2, 0.25) is 21.6 Å². The number of ether oxygens (including phenoxy) is 1. The molecule has 0 atom stereocenters. The Labute approximate surface area is 230 Å². The van der Waals surface area contributed by atoms with Gasteiger partial charge in [-0.05, 0) is 40.9 Å². The number of amides is 1. The Balaban J connectivity index is 1.89. The van der Waals surface area contributed by atoms with Crippen molar-refractivity contribution >= 4 is 42.8 Å². The molecule has 0 saturated heterocycles. The topological polar surface area (TPSA) is 80.7 Å². The molecule has 3 rings (SSSR count). The van der Waals surface area contributed by atoms with E-state index in [0.29, 0.717) is 54.4 Å². The second kappa shape index (κ2) is 12.4. The second-order valence-electron chi connectivity index (χ2n) is 10.0. The maximum absolute atomic E-state index is 13.3. The van der Waals surface area contributed by atoms with E-state index in [-0.39, 0.29) is 18.9 Å². The Bertz CT molecular complexity index is 1190. The molecule has 0 aliphatic carbocycles. The molecule has 1 amide bonds. The van der Waals surface area contributed by atoms with Gasteiger partial charge in [0.05, 0.1) is 12.8 Å². The molecule has 0 saturated carbocycles. The summed E-state index contributed by atoms with van der Waals surface area (Å²) < 4.78 is 12.5. The first-order valence-electron chi connectivity index (χ1n) is 12.6. The zero-order chi connectivity index (χ0) is 27.3. The number of anilines is 1. The van der Waals surface area contributed by atoms with Crippen LogP contribution in [-0.2, 0) is 6.42 Å². The average Bonchev–Trinajstić information content (AvgIpc) is 3.27. The number of nitrogens with zero attached hydrogens (tertiary/aromatic N) is 1. The van der Waals surface area contributed by atoms with Gasteiger partial charge in [-0.15, -0.1) is 11.3 Å². The van der Waals surface area contributed by atoms with Gasteiger partial charge in [0.25, 0.3) is 14.2 Å². The van der Waals surface area contributed by atoms with Crippen LogP contribution in [0.5, 0.6) is 11.5 Å². The predicted molar refractivity (Wildman–Crippen MR) is 156 cm³/mol. The van der Waals surface area contributed by atoms with Gasteiger partial charge < -0.3 is 19.6 Å². The van der Waals surface area contributed by atoms with Gasteiger partial charge in [-0.25, -0.2) is 4.98 Å². The number of rotatable bonds is 11. The molecule has 0 aliphatic heterocycles. The molecule has 0 unspecified atom stereocenters. The van der Waals surface area contributed by atoms with Crippen LogP contribution in [0.3, 0.4) is 0 Å². The van der Waals surface area contributed by atoms with Crippen molar-refractivity contribution in [1.29, 1.82) is 0 Å². The summed E-state index contributed by atoms with van der Waals surface area (Å²) in [5.74, 6) is 0.998. The standard InChI is InChI=1S/C28H37ClN2O4SSi/c1-17(2)37(18(3)4,19(5)6)35-24-13-12-22(16-25(24)34-7)30-27(33)26-23(14-15-32)31-28(36-26)20-8-10-21(29)11-9-20/h8-13,16-19,32H,14-15H2,1-7H3,(H,30,33). The van der Waals surface area contributed by atoms with Gasteiger partial charge in [0.15, 0.2) is 5.75 Å². The van der Waals surface area contributed by atoms with Crippen LogP contribution in [0.25, 0.3) is 10.6 Å². The summed E-state index contributed by atoms with van der Waals surface area (Å²) in [5, 5.41) is 13.8. The lowest BCUT2D eigenvalue weighted by molar-refractivity contribution is 0.102. The highest BCUT2D eigenvalue weighted by Crippen LogP contribution is 2.45. The van der Waals surface area contributed by atoms with E-state index in [0.717, 1.165) is 5.56 Å². The summed E-state index contributed by atoms with van der Waals surface area (Å²) in [6.45, 7) is 13.3. The Morgan fingerprint density at radius 2 is 1.65 bits per heavy atom. The SMILES string of the molecule is COc1cc(NC(=O)c2sc(-c3ccc(Cl)cc3)nc2CCO)ccc1O[Si](C(C)C)(C(C)C)C(C)C. The number of halogens is 1. The first-order valence-corrected chi connectivity index (χ1v) is 15.9. The van der Waals surface area contributed by atoms with Gasteiger partial charge in [0.2, 0.25) is 0 Å². The molecular formula is C28H37ClN2O4SSi. The molecule has 0 aliphatic rings. The predicted octanol–water partition coefficient (Wildman–Crippen LogP) is 7.81. The summed E-state index contributed by atoms with van der Waals surface area (Å²) in [4.78, 5) is 18.4. The quantitative estimate of drug-likeness (QED) is 0.234. The highest BCUT2D eigenvalue weighted by Gasteiger charge is 2.47. The molecule has 2 aromatic carbocycles. The molecule has 0 bridgehead atoms. The number of benzene rings is 2. The van der Waals surface area contributed by atoms with Gasteiger partial charge >= 0.3 is 0 Å². The van der Waals surface area contributed by atoms with Crippen LogP contribution in [0, 0.1) is 0 Å². The minimum absolute atomic E-state index is 0.100. The molecule has 1 heterocycles. The van der Waals surface area contributed by atoms with Crippen molar-refractivity contribution in [2.45, 2.75) is 64.6 Å². The van der Waals surface area contributed by atoms with Crippen molar-refractivity contribution in [3.63, 3.8) is 0 Å². The number of hydrogen-bond acceptors (Lipinski definition) is 6. The Kier molecular flexibility index (Phi) is 9.80. The second-order valence-corrected chi connectivity index (χ2v) is 16.8. The summed E-state index contributed by atoms with van der Waals surface area (Å²) in [6.07, 6.45) is 0.287. The fourth-order valence-corrected chi connectivity index (χ4v) is 11.5. The number of aliphatic hydroxyl groups excluding tert-OH is 1. The number of carbonyl (C=O) groups is 1. The van der Waals surface area contributed by atoms with Crippen LogP contribution < -0.4 is 14.5 Å². The van der Waals surface area contributed by atoms with Crippen molar-refractivity contribution in [2.75, 3.05) is 19.0 Å². The molecule has 0 fully saturated rings. The van der Waals surface area contributed by atoms with Gasteiger partial charge in [-0.3, -0.25) is 4.79 Å². The number of thiazole rings is 1. The van der Waals surface area contributed by atoms with Crippen LogP contribution in [0.4, 0.5) is 5.69 Å². The van der Waals surface area contributed by atoms with Crippen molar-refractivity contribution < 1.29 is 19.1 Å². The number of methoxy groups -OCH3 is 1. The van der Waals surface area contributed by atoms with Gasteiger partial charge in [-0.2, -0.15) is 0 Å². The van der Waals surface area contributed by atoms with Crippen molar-refractivity contribution in [2.24, 2.45) is 0 Å². The summed E-state index contributed by atoms with van der Waals surface area (Å²) >= 11 is 7.30. The minimum Gasteiger partial charge on any atom is -0.540 e. The monoisotopic (exact) mass is 560 g/mol. The summed E-state index contributed by atoms with van der Waals surface area (Å²) in [7, 11) is -0.565. The van der Waals surface area contributed by atoms with Gasteiger partial charge in [0.1, 0.15) is 15.6 Å². The maximum atomic E-state index is 13.3. The Morgan fingerprint density at radius 1 is 1.03 bits per heavy atom. The fourth-order valence-electron chi connectivity index (χ4n) is 5.08. The van der Waals surface area contributed by atoms with Crippen molar-refractivity contribution in [3.8, 4) is 22.1 Å². The average molecular weight is 561 g/mol. The molecule has 200 valence electrons. The van der Waals surface area contributed by atoms with E-state index in [1.54, 1.807) is 25.3 Å². The molecule has 0 spiro atoms. The lowest BCUT2D eigenvalue weighted by atomic mass is 10.2. The zero-order valence-electron chi connectivity index (χ0n) is 22.6. The molecule has 3 aromatic rings. The van der Waals surface area contributed by atoms with E-state index in [1.165, 1.54) is 11.3 Å². The molecule has 37 heavy (non-hydrogen) atoms. The van der Waals surface area contributed by atoms with Crippen molar-refractivity contribution in [1.82, 2.24) is 4.98 Å². The maximum Gasteiger partial charge on any atom is 0.267 e. The third-order valence-electron chi connectivity index (χ3n) is 6.76. The number of nitrogens with one attached hydrogen (secondary N) is 1. The third kappa shape index (κ3) is 6.37. The fraction of sp³-hybridized carbons (Fsp3) is 0.429. The van der Waals surface area contributed by atoms with Crippen LogP contribution in [0.1, 0.15) is 56.9 Å². The molecule has 0 radical (unpaired) electrons. The van der Waals surface area contributed by atoms with E-state index in [1.807, 2.05) is 24.3 Å². The molecule has 2 N–H and O–H groups in total. The number of aromatic nitrogens is 1. The normalized spacial score (nSPS) is 11.9. The first kappa shape index (κ1) is 29.2. The summed E-state index contributed by atoms with van der Waals surface area (Å²) in [6, 6.07) is 12.8. The lowest BCUT2D eigenvalue weighted by Gasteiger charge is -2.42. The Morgan fingerprint density at radius 3 is 2.19 bits per heavy atom. The van der Waals surface area contributed by atoms with Crippen LogP contribution in [0.15, 0.2) is 42.5 Å². The van der Waals surface area contributed by atoms with E-state index in [9.17, 15) is 9.90 Å². The molecular weight excluding hydrogens is 524 g/mol. The summed E-state index contributed by atoms with van der Waals surface area (Å²) in [5.41, 5.74) is 3.27.